The molecule has 0 aromatic heterocycles. The number of aliphatic hydroxyl groups excluding tert-OH is 1. The number of ether oxygens (including phenoxy) is 2. The van der Waals surface area contributed by atoms with E-state index in [-0.39, 0.29) is 42.7 Å². The molecule has 0 aliphatic carbocycles. The summed E-state index contributed by atoms with van der Waals surface area (Å²) < 4.78 is 10.9. The van der Waals surface area contributed by atoms with Gasteiger partial charge < -0.3 is 35.4 Å². The number of rotatable bonds is 12. The number of carbonyl (C=O) groups excluding carboxylic acids is 4. The Morgan fingerprint density at radius 3 is 2.40 bits per heavy atom. The number of carbonyl (C=O) groups is 4. The minimum atomic E-state index is -1.62. The largest absolute Gasteiger partial charge is 0.497 e. The van der Waals surface area contributed by atoms with Gasteiger partial charge in [-0.05, 0) is 76.8 Å². The van der Waals surface area contributed by atoms with Gasteiger partial charge in [0.15, 0.2) is 6.10 Å². The van der Waals surface area contributed by atoms with Gasteiger partial charge >= 0.3 is 0 Å². The fourth-order valence-electron chi connectivity index (χ4n) is 6.11. The molecule has 0 fully saturated rings. The topological polar surface area (TPSA) is 146 Å². The molecule has 4 amide bonds. The van der Waals surface area contributed by atoms with Gasteiger partial charge in [-0.3, -0.25) is 19.2 Å². The number of aliphatic hydroxyl groups is 1. The molecule has 1 aromatic rings. The molecule has 11 nitrogen and oxygen atoms in total. The highest BCUT2D eigenvalue weighted by atomic mass is 16.5. The van der Waals surface area contributed by atoms with Crippen LogP contribution < -0.4 is 25.4 Å². The Balaban J connectivity index is 2.49. The Kier molecular flexibility index (Phi) is 17.5. The van der Waals surface area contributed by atoms with Crippen LogP contribution in [0.15, 0.2) is 30.4 Å². The van der Waals surface area contributed by atoms with E-state index in [4.69, 9.17) is 9.47 Å². The van der Waals surface area contributed by atoms with Gasteiger partial charge in [0.25, 0.3) is 5.91 Å². The van der Waals surface area contributed by atoms with Gasteiger partial charge in [0, 0.05) is 43.1 Å². The van der Waals surface area contributed by atoms with Crippen LogP contribution in [0.1, 0.15) is 98.0 Å². The molecule has 0 radical (unpaired) electrons. The standard InChI is InChI=1S/C37H60N4O7/c1-9-15-26-16-13-11-10-12-14-17-27(37(46)41(6)23-28-18-19-29(47-7)22-32(28)48-8)21-30(33(42)36(45)38-25(4)5)39-35(44)31(20-24(2)3)40-34(26)43/h12,14,18-19,22,24-27,30-31,33,42H,9-11,13,15-17,20-21,23H2,1-8H3,(H,38,45)(H,39,44)(H,40,43)/b14-12+/t26?,27?,30-,31-,33?/m0/s1. The molecule has 270 valence electrons. The molecule has 3 unspecified atom stereocenters. The third kappa shape index (κ3) is 13.1. The Bertz CT molecular complexity index is 1220. The van der Waals surface area contributed by atoms with Crippen molar-refractivity contribution in [2.45, 2.75) is 123 Å². The van der Waals surface area contributed by atoms with Gasteiger partial charge in [0.05, 0.1) is 20.3 Å². The van der Waals surface area contributed by atoms with Crippen LogP contribution in [0.25, 0.3) is 0 Å². The molecular formula is C37H60N4O7. The average Bonchev–Trinajstić information content (AvgIpc) is 3.04. The third-order valence-corrected chi connectivity index (χ3v) is 8.68. The first-order valence-electron chi connectivity index (χ1n) is 17.5. The van der Waals surface area contributed by atoms with E-state index in [1.165, 1.54) is 0 Å². The fraction of sp³-hybridized carbons (Fsp3) is 0.676. The van der Waals surface area contributed by atoms with E-state index in [2.05, 4.69) is 16.0 Å². The molecule has 11 heteroatoms. The van der Waals surface area contributed by atoms with E-state index in [0.29, 0.717) is 24.3 Å². The fourth-order valence-corrected chi connectivity index (χ4v) is 6.11. The summed E-state index contributed by atoms with van der Waals surface area (Å²) in [5, 5.41) is 19.9. The third-order valence-electron chi connectivity index (χ3n) is 8.68. The zero-order valence-electron chi connectivity index (χ0n) is 30.3. The molecule has 4 N–H and O–H groups in total. The molecule has 1 heterocycles. The second-order valence-electron chi connectivity index (χ2n) is 13.7. The van der Waals surface area contributed by atoms with Gasteiger partial charge in [0.1, 0.15) is 17.5 Å². The number of nitrogens with one attached hydrogen (secondary N) is 3. The smallest absolute Gasteiger partial charge is 0.251 e. The van der Waals surface area contributed by atoms with Crippen LogP contribution in [0.2, 0.25) is 0 Å². The van der Waals surface area contributed by atoms with Crippen molar-refractivity contribution in [3.63, 3.8) is 0 Å². The lowest BCUT2D eigenvalue weighted by Gasteiger charge is -2.31. The first kappa shape index (κ1) is 40.6. The Labute approximate surface area is 287 Å². The Morgan fingerprint density at radius 1 is 1.04 bits per heavy atom. The summed E-state index contributed by atoms with van der Waals surface area (Å²) in [6.45, 7) is 9.80. The monoisotopic (exact) mass is 672 g/mol. The summed E-state index contributed by atoms with van der Waals surface area (Å²) in [6, 6.07) is 3.22. The first-order valence-corrected chi connectivity index (χ1v) is 17.5. The molecular weight excluding hydrogens is 612 g/mol. The van der Waals surface area contributed by atoms with Crippen LogP contribution in [0, 0.1) is 17.8 Å². The average molecular weight is 673 g/mol. The van der Waals surface area contributed by atoms with Crippen LogP contribution in [-0.2, 0) is 25.7 Å². The maximum Gasteiger partial charge on any atom is 0.251 e. The van der Waals surface area contributed by atoms with E-state index in [9.17, 15) is 24.3 Å². The highest BCUT2D eigenvalue weighted by Gasteiger charge is 2.36. The van der Waals surface area contributed by atoms with Crippen LogP contribution in [0.5, 0.6) is 11.5 Å². The lowest BCUT2D eigenvalue weighted by atomic mass is 9.90. The van der Waals surface area contributed by atoms with Crippen molar-refractivity contribution in [3.8, 4) is 11.5 Å². The first-order chi connectivity index (χ1) is 22.8. The number of hydrogen-bond donors (Lipinski definition) is 4. The van der Waals surface area contributed by atoms with Gasteiger partial charge in [0.2, 0.25) is 17.7 Å². The van der Waals surface area contributed by atoms with E-state index < -0.39 is 35.9 Å². The number of nitrogens with zero attached hydrogens (tertiary/aromatic N) is 1. The van der Waals surface area contributed by atoms with Crippen molar-refractivity contribution in [2.24, 2.45) is 17.8 Å². The van der Waals surface area contributed by atoms with Gasteiger partial charge in [-0.2, -0.15) is 0 Å². The Hall–Kier alpha value is -3.60. The van der Waals surface area contributed by atoms with Crippen LogP contribution in [-0.4, -0.2) is 79.1 Å². The quantitative estimate of drug-likeness (QED) is 0.239. The van der Waals surface area contributed by atoms with Gasteiger partial charge in [-0.15, -0.1) is 0 Å². The second kappa shape index (κ2) is 20.7. The van der Waals surface area contributed by atoms with Crippen molar-refractivity contribution in [3.05, 3.63) is 35.9 Å². The summed E-state index contributed by atoms with van der Waals surface area (Å²) in [5.74, 6) is -1.05. The highest BCUT2D eigenvalue weighted by Crippen LogP contribution is 2.27. The molecule has 0 saturated heterocycles. The van der Waals surface area contributed by atoms with Crippen molar-refractivity contribution < 1.29 is 33.8 Å². The molecule has 5 atom stereocenters. The lowest BCUT2D eigenvalue weighted by Crippen LogP contribution is -2.57. The van der Waals surface area contributed by atoms with E-state index in [1.54, 1.807) is 52.1 Å². The lowest BCUT2D eigenvalue weighted by molar-refractivity contribution is -0.139. The van der Waals surface area contributed by atoms with E-state index >= 15 is 0 Å². The highest BCUT2D eigenvalue weighted by molar-refractivity contribution is 5.90. The van der Waals surface area contributed by atoms with Crippen LogP contribution >= 0.6 is 0 Å². The van der Waals surface area contributed by atoms with Gasteiger partial charge in [-0.1, -0.05) is 45.8 Å². The van der Waals surface area contributed by atoms with Crippen molar-refractivity contribution in [2.75, 3.05) is 21.3 Å². The molecule has 0 saturated carbocycles. The van der Waals surface area contributed by atoms with Crippen LogP contribution in [0.3, 0.4) is 0 Å². The van der Waals surface area contributed by atoms with Crippen molar-refractivity contribution in [1.29, 1.82) is 0 Å². The number of methoxy groups -OCH3 is 2. The maximum absolute atomic E-state index is 14.1. The molecule has 2 rings (SSSR count). The van der Waals surface area contributed by atoms with Crippen molar-refractivity contribution >= 4 is 23.6 Å². The molecule has 1 aliphatic rings. The zero-order chi connectivity index (χ0) is 35.8. The summed E-state index contributed by atoms with van der Waals surface area (Å²) in [4.78, 5) is 56.1. The molecule has 0 bridgehead atoms. The molecule has 1 aromatic carbocycles. The number of benzene rings is 1. The number of allylic oxidation sites excluding steroid dienone is 2. The summed E-state index contributed by atoms with van der Waals surface area (Å²) in [5.41, 5.74) is 0.785. The Morgan fingerprint density at radius 2 is 1.77 bits per heavy atom. The second-order valence-corrected chi connectivity index (χ2v) is 13.7. The number of amides is 4. The van der Waals surface area contributed by atoms with E-state index in [1.807, 2.05) is 39.0 Å². The molecule has 48 heavy (non-hydrogen) atoms. The SMILES string of the molecule is CCCC1CCCC/C=C/CC(C(=O)N(C)Cc2ccc(OC)cc2OC)C[C@@H](C(O)C(=O)NC(C)C)NC(=O)[C@H](CC(C)C)NC1=O. The minimum Gasteiger partial charge on any atom is -0.497 e. The zero-order valence-corrected chi connectivity index (χ0v) is 30.3. The summed E-state index contributed by atoms with van der Waals surface area (Å²) in [6.07, 6.45) is 8.02. The summed E-state index contributed by atoms with van der Waals surface area (Å²) >= 11 is 0. The normalized spacial score (nSPS) is 22.7. The van der Waals surface area contributed by atoms with Crippen molar-refractivity contribution in [1.82, 2.24) is 20.9 Å². The summed E-state index contributed by atoms with van der Waals surface area (Å²) in [7, 11) is 4.83. The van der Waals surface area contributed by atoms with Gasteiger partial charge in [-0.25, -0.2) is 0 Å². The molecule has 0 spiro atoms. The van der Waals surface area contributed by atoms with E-state index in [0.717, 1.165) is 44.1 Å². The maximum atomic E-state index is 14.1. The number of hydrogen-bond acceptors (Lipinski definition) is 7. The van der Waals surface area contributed by atoms with Crippen LogP contribution in [0.4, 0.5) is 0 Å². The predicted octanol–water partition coefficient (Wildman–Crippen LogP) is 4.51. The minimum absolute atomic E-state index is 0.00644. The molecule has 1 aliphatic heterocycles. The predicted molar refractivity (Wildman–Crippen MR) is 187 cm³/mol.